The molecule has 2 aromatic carbocycles. The molecule has 2 N–H and O–H groups in total. The summed E-state index contributed by atoms with van der Waals surface area (Å²) in [6.45, 7) is 7.46. The van der Waals surface area contributed by atoms with Gasteiger partial charge in [0.05, 0.1) is 0 Å². The predicted molar refractivity (Wildman–Crippen MR) is 142 cm³/mol. The van der Waals surface area contributed by atoms with Gasteiger partial charge in [-0.1, -0.05) is 66.7 Å². The number of nitrogens with one attached hydrogen (secondary N) is 2. The van der Waals surface area contributed by atoms with Crippen molar-refractivity contribution < 1.29 is 14.3 Å². The Balaban J connectivity index is 1.82. The van der Waals surface area contributed by atoms with Crippen LogP contribution in [-0.4, -0.2) is 29.2 Å². The average Bonchev–Trinajstić information content (AvgIpc) is 2.78. The molecule has 1 saturated carbocycles. The van der Waals surface area contributed by atoms with Crippen molar-refractivity contribution in [2.75, 3.05) is 0 Å². The molecule has 0 aliphatic heterocycles. The molecule has 1 aliphatic carbocycles. The summed E-state index contributed by atoms with van der Waals surface area (Å²) in [5.41, 5.74) is 0.589. The van der Waals surface area contributed by atoms with Crippen molar-refractivity contribution in [1.29, 1.82) is 0 Å². The van der Waals surface area contributed by atoms with E-state index in [1.165, 1.54) is 0 Å². The molecule has 190 valence electrons. The monoisotopic (exact) mass is 518 g/mol. The molecule has 1 fully saturated rings. The highest BCUT2D eigenvalue weighted by Crippen LogP contribution is 2.31. The van der Waals surface area contributed by atoms with Crippen LogP contribution in [0.15, 0.2) is 48.5 Å². The minimum Gasteiger partial charge on any atom is -0.444 e. The van der Waals surface area contributed by atoms with E-state index < -0.39 is 17.2 Å². The molecule has 0 spiro atoms. The number of ether oxygens (including phenoxy) is 1. The number of rotatable bonds is 7. The fourth-order valence-corrected chi connectivity index (χ4v) is 4.93. The number of hydrogen-bond donors (Lipinski definition) is 2. The molecule has 1 aliphatic rings. The van der Waals surface area contributed by atoms with Crippen molar-refractivity contribution in [3.8, 4) is 0 Å². The number of halogens is 2. The maximum Gasteiger partial charge on any atom is 0.408 e. The first-order valence-corrected chi connectivity index (χ1v) is 13.1. The van der Waals surface area contributed by atoms with Crippen LogP contribution in [-0.2, 0) is 16.0 Å². The summed E-state index contributed by atoms with van der Waals surface area (Å²) >= 11 is 12.2. The summed E-state index contributed by atoms with van der Waals surface area (Å²) in [5.74, 6) is -0.162. The van der Waals surface area contributed by atoms with E-state index in [0.717, 1.165) is 30.4 Å². The van der Waals surface area contributed by atoms with E-state index >= 15 is 0 Å². The van der Waals surface area contributed by atoms with Gasteiger partial charge >= 0.3 is 6.09 Å². The molecule has 2 aromatic rings. The summed E-state index contributed by atoms with van der Waals surface area (Å²) in [6.07, 6.45) is 4.14. The quantitative estimate of drug-likeness (QED) is 0.412. The Bertz CT molecular complexity index is 994. The van der Waals surface area contributed by atoms with Crippen LogP contribution in [0.25, 0.3) is 0 Å². The second kappa shape index (κ2) is 11.7. The molecule has 0 bridgehead atoms. The number of carbonyl (C=O) groups is 2. The Morgan fingerprint density at radius 3 is 2.03 bits per heavy atom. The summed E-state index contributed by atoms with van der Waals surface area (Å²) in [7, 11) is 0. The van der Waals surface area contributed by atoms with Crippen LogP contribution in [0.3, 0.4) is 0 Å². The van der Waals surface area contributed by atoms with Gasteiger partial charge in [-0.05, 0) is 82.3 Å². The Morgan fingerprint density at radius 1 is 0.943 bits per heavy atom. The normalized spacial score (nSPS) is 17.2. The van der Waals surface area contributed by atoms with Crippen LogP contribution < -0.4 is 10.6 Å². The summed E-state index contributed by atoms with van der Waals surface area (Å²) in [4.78, 5) is 26.3. The van der Waals surface area contributed by atoms with E-state index in [2.05, 4.69) is 10.6 Å². The first-order valence-electron chi connectivity index (χ1n) is 12.3. The largest absolute Gasteiger partial charge is 0.444 e. The van der Waals surface area contributed by atoms with E-state index in [-0.39, 0.29) is 17.9 Å². The van der Waals surface area contributed by atoms with Gasteiger partial charge < -0.3 is 15.4 Å². The van der Waals surface area contributed by atoms with Crippen LogP contribution in [0.2, 0.25) is 10.0 Å². The van der Waals surface area contributed by atoms with Gasteiger partial charge in [-0.2, -0.15) is 0 Å². The molecule has 0 radical (unpaired) electrons. The lowest BCUT2D eigenvalue weighted by Crippen LogP contribution is -2.61. The van der Waals surface area contributed by atoms with Gasteiger partial charge in [0.25, 0.3) is 0 Å². The van der Waals surface area contributed by atoms with Crippen LogP contribution in [0.4, 0.5) is 4.79 Å². The second-order valence-corrected chi connectivity index (χ2v) is 11.4. The van der Waals surface area contributed by atoms with E-state index in [9.17, 15) is 9.59 Å². The molecular weight excluding hydrogens is 483 g/mol. The lowest BCUT2D eigenvalue weighted by Gasteiger charge is -2.38. The summed E-state index contributed by atoms with van der Waals surface area (Å²) < 4.78 is 5.48. The molecule has 0 saturated heterocycles. The minimum absolute atomic E-state index is 0.000408. The van der Waals surface area contributed by atoms with Gasteiger partial charge in [0, 0.05) is 22.0 Å². The molecule has 35 heavy (non-hydrogen) atoms. The highest BCUT2D eigenvalue weighted by molar-refractivity contribution is 6.30. The zero-order valence-corrected chi connectivity index (χ0v) is 22.5. The Kier molecular flexibility index (Phi) is 9.11. The fraction of sp³-hybridized carbons (Fsp3) is 0.500. The average molecular weight is 520 g/mol. The van der Waals surface area contributed by atoms with Gasteiger partial charge in [-0.15, -0.1) is 0 Å². The lowest BCUT2D eigenvalue weighted by atomic mass is 9.80. The van der Waals surface area contributed by atoms with E-state index in [1.54, 1.807) is 0 Å². The predicted octanol–water partition coefficient (Wildman–Crippen LogP) is 7.05. The van der Waals surface area contributed by atoms with E-state index in [0.29, 0.717) is 29.3 Å². The Hall–Kier alpha value is -2.24. The second-order valence-electron chi connectivity index (χ2n) is 10.5. The molecular formula is C28H36Cl2N2O3. The lowest BCUT2D eigenvalue weighted by molar-refractivity contribution is -0.129. The van der Waals surface area contributed by atoms with Gasteiger partial charge in [0.2, 0.25) is 5.91 Å². The van der Waals surface area contributed by atoms with Gasteiger partial charge in [-0.25, -0.2) is 4.79 Å². The third kappa shape index (κ3) is 7.88. The molecule has 3 rings (SSSR count). The molecule has 2 atom stereocenters. The van der Waals surface area contributed by atoms with Crippen LogP contribution in [0.5, 0.6) is 0 Å². The first-order chi connectivity index (χ1) is 16.5. The third-order valence-corrected chi connectivity index (χ3v) is 7.02. The first kappa shape index (κ1) is 27.3. The van der Waals surface area contributed by atoms with Crippen molar-refractivity contribution in [3.63, 3.8) is 0 Å². The molecule has 5 nitrogen and oxygen atoms in total. The standard InChI is InChI=1S/C28H36Cl2N2O3/c1-19(24(21-10-14-23(30)15-11-21)18-20-8-12-22(29)13-9-20)31-25(33)28(16-6-5-7-17-28)32-26(34)35-27(2,3)4/h8-15,19,24H,5-7,16-18H2,1-4H3,(H,31,33)(H,32,34). The minimum atomic E-state index is -0.973. The smallest absolute Gasteiger partial charge is 0.408 e. The highest BCUT2D eigenvalue weighted by Gasteiger charge is 2.42. The number of benzene rings is 2. The maximum atomic E-state index is 13.7. The van der Waals surface area contributed by atoms with Crippen molar-refractivity contribution >= 4 is 35.2 Å². The number of amides is 2. The fourth-order valence-electron chi connectivity index (χ4n) is 4.68. The van der Waals surface area contributed by atoms with Crippen molar-refractivity contribution in [2.45, 2.75) is 89.3 Å². The third-order valence-electron chi connectivity index (χ3n) is 6.51. The van der Waals surface area contributed by atoms with Crippen LogP contribution in [0, 0.1) is 0 Å². The zero-order chi connectivity index (χ0) is 25.6. The van der Waals surface area contributed by atoms with Crippen LogP contribution in [0.1, 0.15) is 76.8 Å². The van der Waals surface area contributed by atoms with Crippen molar-refractivity contribution in [3.05, 3.63) is 69.7 Å². The highest BCUT2D eigenvalue weighted by atomic mass is 35.5. The summed E-state index contributed by atoms with van der Waals surface area (Å²) in [6, 6.07) is 15.3. The summed E-state index contributed by atoms with van der Waals surface area (Å²) in [5, 5.41) is 7.52. The van der Waals surface area contributed by atoms with Gasteiger partial charge in [0.1, 0.15) is 11.1 Å². The molecule has 0 aromatic heterocycles. The topological polar surface area (TPSA) is 67.4 Å². The molecule has 2 unspecified atom stereocenters. The number of carbonyl (C=O) groups excluding carboxylic acids is 2. The number of alkyl carbamates (subject to hydrolysis) is 1. The van der Waals surface area contributed by atoms with Crippen molar-refractivity contribution in [1.82, 2.24) is 10.6 Å². The van der Waals surface area contributed by atoms with Gasteiger partial charge in [0.15, 0.2) is 0 Å². The van der Waals surface area contributed by atoms with Gasteiger partial charge in [-0.3, -0.25) is 4.79 Å². The molecule has 2 amide bonds. The zero-order valence-electron chi connectivity index (χ0n) is 21.0. The Labute approximate surface area is 218 Å². The van der Waals surface area contributed by atoms with E-state index in [4.69, 9.17) is 27.9 Å². The van der Waals surface area contributed by atoms with Crippen molar-refractivity contribution in [2.24, 2.45) is 0 Å². The molecule has 0 heterocycles. The van der Waals surface area contributed by atoms with Crippen LogP contribution >= 0.6 is 23.2 Å². The number of hydrogen-bond acceptors (Lipinski definition) is 3. The van der Waals surface area contributed by atoms with E-state index in [1.807, 2.05) is 76.2 Å². The maximum absolute atomic E-state index is 13.7. The Morgan fingerprint density at radius 2 is 1.49 bits per heavy atom. The molecule has 7 heteroatoms. The SMILES string of the molecule is CC(NC(=O)C1(NC(=O)OC(C)(C)C)CCCCC1)C(Cc1ccc(Cl)cc1)c1ccc(Cl)cc1.